The minimum atomic E-state index is -2.36. The van der Waals surface area contributed by atoms with E-state index in [-0.39, 0.29) is 0 Å². The molecule has 0 saturated heterocycles. The van der Waals surface area contributed by atoms with Crippen LogP contribution in [-0.2, 0) is 17.1 Å². The standard InChI is InChI=1S/C18H48NO5Si4/c1-19(2,3)16-18(20)17-21-14-13-15-28(12,23-26(7,8)9)24-27(10,11)22-25(4,5)6/h18,20H,13-17H2,1-12H3/q+1. The summed E-state index contributed by atoms with van der Waals surface area (Å²) in [5.74, 6) is 0. The van der Waals surface area contributed by atoms with E-state index >= 15 is 0 Å². The van der Waals surface area contributed by atoms with Crippen LogP contribution >= 0.6 is 0 Å². The minimum absolute atomic E-state index is 0.377. The van der Waals surface area contributed by atoms with Crippen LogP contribution < -0.4 is 0 Å². The molecule has 170 valence electrons. The molecule has 0 aromatic carbocycles. The molecule has 1 N–H and O–H groups in total. The van der Waals surface area contributed by atoms with Gasteiger partial charge in [0.25, 0.3) is 0 Å². The fourth-order valence-electron chi connectivity index (χ4n) is 3.45. The molecule has 0 amide bonds. The average Bonchev–Trinajstić information content (AvgIpc) is 2.28. The van der Waals surface area contributed by atoms with Gasteiger partial charge in [-0.05, 0) is 71.4 Å². The zero-order valence-electron chi connectivity index (χ0n) is 20.6. The van der Waals surface area contributed by atoms with Gasteiger partial charge < -0.3 is 26.7 Å². The number of rotatable bonds is 14. The third kappa shape index (κ3) is 16.4. The van der Waals surface area contributed by atoms with Gasteiger partial charge in [-0.2, -0.15) is 0 Å². The van der Waals surface area contributed by atoms with Crippen molar-refractivity contribution in [3.05, 3.63) is 0 Å². The first kappa shape index (κ1) is 28.6. The van der Waals surface area contributed by atoms with E-state index in [1.165, 1.54) is 0 Å². The first-order chi connectivity index (χ1) is 12.2. The molecule has 10 heteroatoms. The highest BCUT2D eigenvalue weighted by Crippen LogP contribution is 2.27. The van der Waals surface area contributed by atoms with E-state index in [1.54, 1.807) is 0 Å². The van der Waals surface area contributed by atoms with E-state index in [1.807, 2.05) is 0 Å². The van der Waals surface area contributed by atoms with Crippen molar-refractivity contribution in [2.24, 2.45) is 0 Å². The maximum absolute atomic E-state index is 10.1. The van der Waals surface area contributed by atoms with Gasteiger partial charge in [0.05, 0.1) is 27.7 Å². The summed E-state index contributed by atoms with van der Waals surface area (Å²) in [7, 11) is -1.80. The number of quaternary nitrogens is 1. The third-order valence-electron chi connectivity index (χ3n) is 3.52. The van der Waals surface area contributed by atoms with Gasteiger partial charge in [-0.25, -0.2) is 0 Å². The summed E-state index contributed by atoms with van der Waals surface area (Å²) in [4.78, 5) is 0. The first-order valence-corrected chi connectivity index (χ1v) is 22.5. The number of aliphatic hydroxyl groups is 1. The van der Waals surface area contributed by atoms with Gasteiger partial charge in [-0.1, -0.05) is 0 Å². The molecule has 0 rings (SSSR count). The van der Waals surface area contributed by atoms with Crippen molar-refractivity contribution in [1.82, 2.24) is 0 Å². The Bertz CT molecular complexity index is 460. The number of likely N-dealkylation sites (N-methyl/N-ethyl adjacent to an activating group) is 1. The fraction of sp³-hybridized carbons (Fsp3) is 1.00. The highest BCUT2D eigenvalue weighted by Gasteiger charge is 2.44. The second-order valence-corrected chi connectivity index (χ2v) is 27.8. The van der Waals surface area contributed by atoms with Crippen molar-refractivity contribution in [2.45, 2.75) is 77.5 Å². The summed E-state index contributed by atoms with van der Waals surface area (Å²) in [6.45, 7) is 21.4. The van der Waals surface area contributed by atoms with E-state index < -0.39 is 39.9 Å². The fourth-order valence-corrected chi connectivity index (χ4v) is 21.4. The Morgan fingerprint density at radius 2 is 1.29 bits per heavy atom. The summed E-state index contributed by atoms with van der Waals surface area (Å²) in [5, 5.41) is 10.1. The Hall–Kier alpha value is 0.628. The van der Waals surface area contributed by atoms with Gasteiger partial charge in [0.2, 0.25) is 0 Å². The van der Waals surface area contributed by atoms with Crippen LogP contribution in [0.15, 0.2) is 0 Å². The molecule has 0 aliphatic carbocycles. The molecule has 0 spiro atoms. The predicted octanol–water partition coefficient (Wildman–Crippen LogP) is 3.95. The molecule has 0 aliphatic heterocycles. The van der Waals surface area contributed by atoms with E-state index in [4.69, 9.17) is 17.1 Å². The summed E-state index contributed by atoms with van der Waals surface area (Å²) >= 11 is 0. The Labute approximate surface area is 178 Å². The lowest BCUT2D eigenvalue weighted by Crippen LogP contribution is -2.56. The third-order valence-corrected chi connectivity index (χ3v) is 17.1. The Morgan fingerprint density at radius 3 is 1.71 bits per heavy atom. The SMILES string of the molecule is C[N+](C)(C)CC(O)COCCC[Si](C)(O[Si](C)(C)C)O[Si](C)(C)O[Si](C)(C)C. The van der Waals surface area contributed by atoms with Crippen LogP contribution in [0.3, 0.4) is 0 Å². The summed E-state index contributed by atoms with van der Waals surface area (Å²) in [6.07, 6.45) is 0.441. The van der Waals surface area contributed by atoms with Crippen molar-refractivity contribution in [2.75, 3.05) is 40.9 Å². The molecule has 0 heterocycles. The van der Waals surface area contributed by atoms with Gasteiger partial charge >= 0.3 is 17.1 Å². The highest BCUT2D eigenvalue weighted by atomic mass is 28.5. The monoisotopic (exact) mass is 470 g/mol. The minimum Gasteiger partial charge on any atom is -0.437 e. The lowest BCUT2D eigenvalue weighted by atomic mass is 10.3. The van der Waals surface area contributed by atoms with Crippen LogP contribution in [0.1, 0.15) is 6.42 Å². The van der Waals surface area contributed by atoms with Crippen molar-refractivity contribution >= 4 is 33.8 Å². The Balaban J connectivity index is 4.73. The summed E-state index contributed by atoms with van der Waals surface area (Å²) in [5.41, 5.74) is 0. The van der Waals surface area contributed by atoms with Crippen molar-refractivity contribution < 1.29 is 26.7 Å². The van der Waals surface area contributed by atoms with Crippen molar-refractivity contribution in [1.29, 1.82) is 0 Å². The molecule has 2 atom stereocenters. The van der Waals surface area contributed by atoms with Crippen molar-refractivity contribution in [3.8, 4) is 0 Å². The van der Waals surface area contributed by atoms with Gasteiger partial charge in [0.15, 0.2) is 16.6 Å². The number of hydrogen-bond donors (Lipinski definition) is 1. The molecule has 0 bridgehead atoms. The van der Waals surface area contributed by atoms with Gasteiger partial charge in [0.1, 0.15) is 12.6 Å². The molecule has 0 radical (unpaired) electrons. The molecule has 0 fully saturated rings. The second-order valence-electron chi connectivity index (χ2n) is 11.4. The maximum atomic E-state index is 10.1. The molecular weight excluding hydrogens is 423 g/mol. The highest BCUT2D eigenvalue weighted by molar-refractivity contribution is 6.89. The normalized spacial score (nSPS) is 17.5. The number of nitrogens with zero attached hydrogens (tertiary/aromatic N) is 1. The molecule has 28 heavy (non-hydrogen) atoms. The van der Waals surface area contributed by atoms with Gasteiger partial charge in [-0.15, -0.1) is 0 Å². The number of aliphatic hydroxyl groups excluding tert-OH is 1. The zero-order valence-corrected chi connectivity index (χ0v) is 24.6. The summed E-state index contributed by atoms with van der Waals surface area (Å²) < 4.78 is 26.1. The first-order valence-electron chi connectivity index (χ1n) is 10.4. The summed E-state index contributed by atoms with van der Waals surface area (Å²) in [6, 6.07) is 0.883. The van der Waals surface area contributed by atoms with Crippen molar-refractivity contribution in [3.63, 3.8) is 0 Å². The lowest BCUT2D eigenvalue weighted by Gasteiger charge is -2.41. The maximum Gasteiger partial charge on any atom is 0.315 e. The van der Waals surface area contributed by atoms with Crippen LogP contribution in [-0.4, -0.2) is 90.4 Å². The average molecular weight is 471 g/mol. The van der Waals surface area contributed by atoms with Crippen LogP contribution in [0.5, 0.6) is 0 Å². The molecule has 2 unspecified atom stereocenters. The van der Waals surface area contributed by atoms with Crippen LogP contribution in [0.25, 0.3) is 0 Å². The molecule has 0 aliphatic rings. The molecule has 0 aromatic heterocycles. The second kappa shape index (κ2) is 10.8. The zero-order chi connectivity index (χ0) is 22.4. The van der Waals surface area contributed by atoms with E-state index in [0.29, 0.717) is 19.8 Å². The predicted molar refractivity (Wildman–Crippen MR) is 128 cm³/mol. The number of hydrogen-bond acceptors (Lipinski definition) is 5. The van der Waals surface area contributed by atoms with Gasteiger partial charge in [-0.3, -0.25) is 0 Å². The molecular formula is C18H48NO5Si4+. The number of ether oxygens (including phenoxy) is 1. The molecule has 0 aromatic rings. The van der Waals surface area contributed by atoms with Gasteiger partial charge in [0, 0.05) is 6.61 Å². The topological polar surface area (TPSA) is 57.2 Å². The molecule has 6 nitrogen and oxygen atoms in total. The van der Waals surface area contributed by atoms with E-state index in [9.17, 15) is 5.11 Å². The van der Waals surface area contributed by atoms with E-state index in [0.717, 1.165) is 16.9 Å². The smallest absolute Gasteiger partial charge is 0.315 e. The van der Waals surface area contributed by atoms with Crippen LogP contribution in [0.4, 0.5) is 0 Å². The Kier molecular flexibility index (Phi) is 11.0. The van der Waals surface area contributed by atoms with E-state index in [2.05, 4.69) is 80.1 Å². The molecule has 0 saturated carbocycles. The lowest BCUT2D eigenvalue weighted by molar-refractivity contribution is -0.873. The largest absolute Gasteiger partial charge is 0.437 e. The Morgan fingerprint density at radius 1 is 0.786 bits per heavy atom. The van der Waals surface area contributed by atoms with Crippen LogP contribution in [0, 0.1) is 0 Å². The van der Waals surface area contributed by atoms with Crippen LogP contribution in [0.2, 0.25) is 65.0 Å². The quantitative estimate of drug-likeness (QED) is 0.237.